The maximum atomic E-state index is 12.6. The van der Waals surface area contributed by atoms with E-state index in [4.69, 9.17) is 26.1 Å². The van der Waals surface area contributed by atoms with Gasteiger partial charge in [0.05, 0.1) is 34.2 Å². The average molecular weight is 574 g/mol. The molecule has 2 aromatic carbocycles. The van der Waals surface area contributed by atoms with Crippen LogP contribution in [0.2, 0.25) is 5.02 Å². The normalized spacial score (nSPS) is 12.4. The largest absolute Gasteiger partial charge is 0.481 e. The number of rotatable bonds is 7. The lowest BCUT2D eigenvalue weighted by atomic mass is 9.91. The second-order valence-electron chi connectivity index (χ2n) is 10.3. The number of ether oxygens (including phenoxy) is 2. The Hall–Kier alpha value is -3.85. The number of carbonyl (C=O) groups is 1. The average Bonchev–Trinajstić information content (AvgIpc) is 3.35. The van der Waals surface area contributed by atoms with Gasteiger partial charge in [0.15, 0.2) is 6.10 Å². The second kappa shape index (κ2) is 11.0. The maximum Gasteiger partial charge on any atom is 0.337 e. The molecule has 9 heteroatoms. The molecule has 0 amide bonds. The third kappa shape index (κ3) is 5.56. The number of fused-ring (bicyclic) bond motifs is 1. The number of pyridine rings is 2. The minimum Gasteiger partial charge on any atom is -0.481 e. The van der Waals surface area contributed by atoms with Crippen LogP contribution in [0.5, 0.6) is 5.88 Å². The van der Waals surface area contributed by atoms with Crippen molar-refractivity contribution in [3.05, 3.63) is 83.1 Å². The predicted octanol–water partition coefficient (Wildman–Crippen LogP) is 8.00. The second-order valence-corrected chi connectivity index (χ2v) is 11.7. The van der Waals surface area contributed by atoms with Gasteiger partial charge in [0.1, 0.15) is 5.01 Å². The summed E-state index contributed by atoms with van der Waals surface area (Å²) in [5, 5.41) is 11.7. The first-order valence-electron chi connectivity index (χ1n) is 12.6. The van der Waals surface area contributed by atoms with Crippen molar-refractivity contribution in [2.24, 2.45) is 0 Å². The van der Waals surface area contributed by atoms with Gasteiger partial charge in [0.25, 0.3) is 0 Å². The third-order valence-electron chi connectivity index (χ3n) is 6.27. The van der Waals surface area contributed by atoms with Crippen molar-refractivity contribution in [1.29, 1.82) is 0 Å². The van der Waals surface area contributed by atoms with E-state index in [1.54, 1.807) is 31.6 Å². The molecule has 40 heavy (non-hydrogen) atoms. The van der Waals surface area contributed by atoms with E-state index in [-0.39, 0.29) is 0 Å². The molecule has 0 saturated heterocycles. The van der Waals surface area contributed by atoms with Crippen LogP contribution in [-0.2, 0) is 9.53 Å². The summed E-state index contributed by atoms with van der Waals surface area (Å²) in [6, 6.07) is 16.9. The number of aromatic nitrogens is 3. The maximum absolute atomic E-state index is 12.6. The molecular weight excluding hydrogens is 546 g/mol. The smallest absolute Gasteiger partial charge is 0.337 e. The summed E-state index contributed by atoms with van der Waals surface area (Å²) >= 11 is 7.70. The minimum absolute atomic E-state index is 0.486. The van der Waals surface area contributed by atoms with Crippen LogP contribution >= 0.6 is 22.9 Å². The Bertz CT molecular complexity index is 1710. The number of halogens is 1. The Morgan fingerprint density at radius 1 is 1.02 bits per heavy atom. The molecule has 3 aromatic heterocycles. The quantitative estimate of drug-likeness (QED) is 0.211. The van der Waals surface area contributed by atoms with Crippen molar-refractivity contribution in [3.8, 4) is 38.8 Å². The standard InChI is InChI=1S/C31H28ClN3O4S/c1-17-15-23-27(25(18-8-10-20(32)11-9-18)24(17)26(30(36)37)39-31(2,3)4)40-29(35-23)19-12-14-33-22(16-19)21-7-6-13-34-28(21)38-5/h6-16,26H,1-5H3,(H,36,37). The lowest BCUT2D eigenvalue weighted by Gasteiger charge is -2.28. The highest BCUT2D eigenvalue weighted by atomic mass is 35.5. The molecule has 1 atom stereocenters. The van der Waals surface area contributed by atoms with Crippen LogP contribution in [0.3, 0.4) is 0 Å². The summed E-state index contributed by atoms with van der Waals surface area (Å²) in [6.07, 6.45) is 2.23. The molecule has 0 spiro atoms. The van der Waals surface area contributed by atoms with E-state index in [2.05, 4.69) is 9.97 Å². The molecule has 5 aromatic rings. The number of aryl methyl sites for hydroxylation is 1. The summed E-state index contributed by atoms with van der Waals surface area (Å²) in [4.78, 5) is 26.4. The molecule has 0 aliphatic heterocycles. The van der Waals surface area contributed by atoms with Crippen molar-refractivity contribution in [2.75, 3.05) is 7.11 Å². The summed E-state index contributed by atoms with van der Waals surface area (Å²) in [7, 11) is 1.58. The van der Waals surface area contributed by atoms with Crippen molar-refractivity contribution < 1.29 is 19.4 Å². The van der Waals surface area contributed by atoms with E-state index >= 15 is 0 Å². The zero-order valence-corrected chi connectivity index (χ0v) is 24.3. The Morgan fingerprint density at radius 3 is 2.45 bits per heavy atom. The molecule has 0 fully saturated rings. The van der Waals surface area contributed by atoms with Crippen molar-refractivity contribution in [1.82, 2.24) is 15.0 Å². The van der Waals surface area contributed by atoms with Gasteiger partial charge in [0, 0.05) is 34.1 Å². The van der Waals surface area contributed by atoms with Gasteiger partial charge < -0.3 is 14.6 Å². The van der Waals surface area contributed by atoms with E-state index in [9.17, 15) is 9.90 Å². The third-order valence-corrected chi connectivity index (χ3v) is 7.66. The van der Waals surface area contributed by atoms with E-state index in [0.717, 1.165) is 43.0 Å². The molecule has 0 aliphatic carbocycles. The Morgan fingerprint density at radius 2 is 1.77 bits per heavy atom. The molecule has 0 radical (unpaired) electrons. The fourth-order valence-corrected chi connectivity index (χ4v) is 5.87. The Kier molecular flexibility index (Phi) is 7.59. The molecule has 3 heterocycles. The molecule has 0 aliphatic rings. The summed E-state index contributed by atoms with van der Waals surface area (Å²) in [5.41, 5.74) is 5.43. The highest BCUT2D eigenvalue weighted by Crippen LogP contribution is 2.44. The van der Waals surface area contributed by atoms with Crippen LogP contribution in [-0.4, -0.2) is 38.7 Å². The molecule has 0 bridgehead atoms. The van der Waals surface area contributed by atoms with Crippen LogP contribution in [0.4, 0.5) is 0 Å². The fourth-order valence-electron chi connectivity index (χ4n) is 4.62. The van der Waals surface area contributed by atoms with Crippen LogP contribution in [0.25, 0.3) is 43.2 Å². The van der Waals surface area contributed by atoms with Crippen molar-refractivity contribution in [2.45, 2.75) is 39.4 Å². The Balaban J connectivity index is 1.74. The number of nitrogens with zero attached hydrogens (tertiary/aromatic N) is 3. The van der Waals surface area contributed by atoms with E-state index in [1.165, 1.54) is 11.3 Å². The number of thiazole rings is 1. The van der Waals surface area contributed by atoms with Gasteiger partial charge in [-0.25, -0.2) is 14.8 Å². The van der Waals surface area contributed by atoms with Crippen LogP contribution < -0.4 is 4.74 Å². The summed E-state index contributed by atoms with van der Waals surface area (Å²) in [6.45, 7) is 7.44. The van der Waals surface area contributed by atoms with Gasteiger partial charge in [-0.3, -0.25) is 4.98 Å². The van der Waals surface area contributed by atoms with Gasteiger partial charge in [0.2, 0.25) is 5.88 Å². The summed E-state index contributed by atoms with van der Waals surface area (Å²) in [5.74, 6) is -0.568. The van der Waals surface area contributed by atoms with E-state index in [0.29, 0.717) is 22.2 Å². The number of carboxylic acid groups (broad SMARTS) is 1. The van der Waals surface area contributed by atoms with Crippen molar-refractivity contribution in [3.63, 3.8) is 0 Å². The monoisotopic (exact) mass is 573 g/mol. The Labute approximate surface area is 241 Å². The number of carboxylic acids is 1. The van der Waals surface area contributed by atoms with Crippen molar-refractivity contribution >= 4 is 39.1 Å². The zero-order valence-electron chi connectivity index (χ0n) is 22.7. The number of benzene rings is 2. The van der Waals surface area contributed by atoms with E-state index in [1.807, 2.05) is 70.2 Å². The molecule has 204 valence electrons. The molecular formula is C31H28ClN3O4S. The first-order chi connectivity index (χ1) is 19.1. The number of aliphatic carboxylic acids is 1. The molecule has 0 saturated carbocycles. The SMILES string of the molecule is COc1ncccc1-c1cc(-c2nc3cc(C)c(C(OC(C)(C)C)C(=O)O)c(-c4ccc(Cl)cc4)c3s2)ccn1. The lowest BCUT2D eigenvalue weighted by Crippen LogP contribution is -2.28. The highest BCUT2D eigenvalue weighted by Gasteiger charge is 2.32. The van der Waals surface area contributed by atoms with Crippen LogP contribution in [0, 0.1) is 6.92 Å². The van der Waals surface area contributed by atoms with Gasteiger partial charge in [-0.1, -0.05) is 23.7 Å². The van der Waals surface area contributed by atoms with Crippen LogP contribution in [0.15, 0.2) is 67.0 Å². The van der Waals surface area contributed by atoms with Gasteiger partial charge in [-0.2, -0.15) is 0 Å². The molecule has 7 nitrogen and oxygen atoms in total. The van der Waals surface area contributed by atoms with Crippen LogP contribution in [0.1, 0.15) is 38.0 Å². The number of hydrogen-bond acceptors (Lipinski definition) is 7. The first kappa shape index (κ1) is 27.7. The number of methoxy groups -OCH3 is 1. The molecule has 5 rings (SSSR count). The molecule has 1 unspecified atom stereocenters. The fraction of sp³-hybridized carbons (Fsp3) is 0.226. The first-order valence-corrected chi connectivity index (χ1v) is 13.8. The number of hydrogen-bond donors (Lipinski definition) is 1. The zero-order chi connectivity index (χ0) is 28.6. The lowest BCUT2D eigenvalue weighted by molar-refractivity contribution is -0.160. The van der Waals surface area contributed by atoms with E-state index < -0.39 is 17.7 Å². The van der Waals surface area contributed by atoms with Gasteiger partial charge >= 0.3 is 5.97 Å². The topological polar surface area (TPSA) is 94.4 Å². The molecule has 1 N–H and O–H groups in total. The minimum atomic E-state index is -1.17. The summed E-state index contributed by atoms with van der Waals surface area (Å²) < 4.78 is 12.4. The van der Waals surface area contributed by atoms with Gasteiger partial charge in [-0.15, -0.1) is 11.3 Å². The van der Waals surface area contributed by atoms with Gasteiger partial charge in [-0.05, 0) is 81.3 Å². The highest BCUT2D eigenvalue weighted by molar-refractivity contribution is 7.22. The predicted molar refractivity (Wildman–Crippen MR) is 159 cm³/mol.